The van der Waals surface area contributed by atoms with Crippen LogP contribution in [-0.4, -0.2) is 42.7 Å². The molecule has 3 nitrogen and oxygen atoms in total. The number of nitrogens with one attached hydrogen (secondary N) is 1. The third-order valence-electron chi connectivity index (χ3n) is 5.91. The Bertz CT molecular complexity index is 562. The van der Waals surface area contributed by atoms with Gasteiger partial charge in [-0.3, -0.25) is 4.79 Å². The second-order valence-corrected chi connectivity index (χ2v) is 8.53. The summed E-state index contributed by atoms with van der Waals surface area (Å²) in [4.78, 5) is 16.3. The van der Waals surface area contributed by atoms with Gasteiger partial charge in [0.1, 0.15) is 0 Å². The standard InChI is InChI=1S/C19H26N2OS.ClH/c22-18(17-12-19(17)7-9-20-10-8-19)21-11-6-15(13-21)14-23-16-4-2-1-3-5-16;/h1-5,15,17,20H,6-14H2;1H. The van der Waals surface area contributed by atoms with Gasteiger partial charge in [-0.2, -0.15) is 0 Å². The minimum absolute atomic E-state index is 0. The van der Waals surface area contributed by atoms with Gasteiger partial charge < -0.3 is 10.2 Å². The molecule has 2 unspecified atom stereocenters. The Balaban J connectivity index is 0.00000169. The van der Waals surface area contributed by atoms with Gasteiger partial charge in [-0.15, -0.1) is 24.2 Å². The lowest BCUT2D eigenvalue weighted by Crippen LogP contribution is -2.35. The van der Waals surface area contributed by atoms with Crippen LogP contribution in [0.2, 0.25) is 0 Å². The number of carbonyl (C=O) groups is 1. The third kappa shape index (κ3) is 3.76. The lowest BCUT2D eigenvalue weighted by atomic mass is 9.91. The van der Waals surface area contributed by atoms with Crippen LogP contribution in [0.25, 0.3) is 0 Å². The van der Waals surface area contributed by atoms with Crippen LogP contribution >= 0.6 is 24.2 Å². The number of hydrogen-bond donors (Lipinski definition) is 1. The zero-order valence-corrected chi connectivity index (χ0v) is 15.7. The molecule has 1 N–H and O–H groups in total. The molecule has 1 aromatic rings. The number of rotatable bonds is 4. The molecule has 0 bridgehead atoms. The second kappa shape index (κ2) is 7.67. The molecule has 2 atom stereocenters. The van der Waals surface area contributed by atoms with Gasteiger partial charge in [0.15, 0.2) is 0 Å². The van der Waals surface area contributed by atoms with E-state index in [1.165, 1.54) is 24.2 Å². The maximum Gasteiger partial charge on any atom is 0.226 e. The second-order valence-electron chi connectivity index (χ2n) is 7.43. The van der Waals surface area contributed by atoms with Crippen molar-refractivity contribution in [3.8, 4) is 0 Å². The van der Waals surface area contributed by atoms with Gasteiger partial charge in [0.05, 0.1) is 0 Å². The number of halogens is 1. The van der Waals surface area contributed by atoms with Gasteiger partial charge in [0, 0.05) is 29.7 Å². The first-order chi connectivity index (χ1) is 11.3. The van der Waals surface area contributed by atoms with Crippen LogP contribution in [0, 0.1) is 17.3 Å². The Morgan fingerprint density at radius 2 is 2.00 bits per heavy atom. The van der Waals surface area contributed by atoms with Crippen molar-refractivity contribution in [1.82, 2.24) is 10.2 Å². The molecular weight excluding hydrogens is 340 g/mol. The van der Waals surface area contributed by atoms with Gasteiger partial charge in [-0.05, 0) is 62.2 Å². The van der Waals surface area contributed by atoms with Crippen molar-refractivity contribution < 1.29 is 4.79 Å². The highest BCUT2D eigenvalue weighted by Crippen LogP contribution is 2.59. The summed E-state index contributed by atoms with van der Waals surface area (Å²) in [6, 6.07) is 10.6. The van der Waals surface area contributed by atoms with E-state index in [0.29, 0.717) is 23.2 Å². The Morgan fingerprint density at radius 3 is 2.75 bits per heavy atom. The fourth-order valence-corrected chi connectivity index (χ4v) is 5.34. The van der Waals surface area contributed by atoms with Crippen molar-refractivity contribution in [3.63, 3.8) is 0 Å². The molecule has 2 heterocycles. The van der Waals surface area contributed by atoms with Crippen molar-refractivity contribution in [1.29, 1.82) is 0 Å². The van der Waals surface area contributed by atoms with Crippen LogP contribution in [0.3, 0.4) is 0 Å². The monoisotopic (exact) mass is 366 g/mol. The number of nitrogens with zero attached hydrogens (tertiary/aromatic N) is 1. The third-order valence-corrected chi connectivity index (χ3v) is 7.16. The Morgan fingerprint density at radius 1 is 1.25 bits per heavy atom. The normalized spacial score (nSPS) is 27.8. The molecule has 1 saturated carbocycles. The van der Waals surface area contributed by atoms with E-state index in [1.807, 2.05) is 11.8 Å². The van der Waals surface area contributed by atoms with Crippen LogP contribution in [0.15, 0.2) is 35.2 Å². The van der Waals surface area contributed by atoms with Gasteiger partial charge in [-0.1, -0.05) is 18.2 Å². The summed E-state index contributed by atoms with van der Waals surface area (Å²) in [5.41, 5.74) is 0.374. The molecule has 132 valence electrons. The number of piperidine rings is 1. The quantitative estimate of drug-likeness (QED) is 0.828. The number of likely N-dealkylation sites (tertiary alicyclic amines) is 1. The average molecular weight is 367 g/mol. The molecule has 4 rings (SSSR count). The highest BCUT2D eigenvalue weighted by molar-refractivity contribution is 7.99. The lowest BCUT2D eigenvalue weighted by molar-refractivity contribution is -0.132. The van der Waals surface area contributed by atoms with E-state index in [1.54, 1.807) is 0 Å². The summed E-state index contributed by atoms with van der Waals surface area (Å²) >= 11 is 1.93. The van der Waals surface area contributed by atoms with Crippen molar-refractivity contribution in [2.24, 2.45) is 17.3 Å². The summed E-state index contributed by atoms with van der Waals surface area (Å²) in [5, 5.41) is 3.42. The van der Waals surface area contributed by atoms with Gasteiger partial charge in [0.25, 0.3) is 0 Å². The zero-order valence-electron chi connectivity index (χ0n) is 14.1. The van der Waals surface area contributed by atoms with E-state index in [4.69, 9.17) is 0 Å². The van der Waals surface area contributed by atoms with Crippen LogP contribution in [0.1, 0.15) is 25.7 Å². The summed E-state index contributed by atoms with van der Waals surface area (Å²) < 4.78 is 0. The Labute approximate surface area is 155 Å². The SMILES string of the molecule is Cl.O=C(C1CC12CCNCC2)N1CCC(CSc2ccccc2)C1. The van der Waals surface area contributed by atoms with Gasteiger partial charge in [-0.25, -0.2) is 0 Å². The van der Waals surface area contributed by atoms with E-state index >= 15 is 0 Å². The molecule has 1 spiro atoms. The first-order valence-corrected chi connectivity index (χ1v) is 9.93. The zero-order chi connectivity index (χ0) is 15.7. The fraction of sp³-hybridized carbons (Fsp3) is 0.632. The summed E-state index contributed by atoms with van der Waals surface area (Å²) in [7, 11) is 0. The van der Waals surface area contributed by atoms with Crippen molar-refractivity contribution >= 4 is 30.1 Å². The van der Waals surface area contributed by atoms with E-state index in [-0.39, 0.29) is 12.4 Å². The molecule has 2 saturated heterocycles. The van der Waals surface area contributed by atoms with Crippen LogP contribution < -0.4 is 5.32 Å². The van der Waals surface area contributed by atoms with Crippen LogP contribution in [0.5, 0.6) is 0 Å². The first-order valence-electron chi connectivity index (χ1n) is 8.94. The van der Waals surface area contributed by atoms with E-state index in [0.717, 1.165) is 38.4 Å². The highest BCUT2D eigenvalue weighted by Gasteiger charge is 2.58. The van der Waals surface area contributed by atoms with Crippen molar-refractivity contribution in [2.45, 2.75) is 30.6 Å². The van der Waals surface area contributed by atoms with Crippen molar-refractivity contribution in [2.75, 3.05) is 31.9 Å². The van der Waals surface area contributed by atoms with E-state index in [2.05, 4.69) is 40.5 Å². The average Bonchev–Trinajstić information content (AvgIpc) is 3.07. The molecule has 3 aliphatic rings. The molecule has 3 fully saturated rings. The molecule has 1 aliphatic carbocycles. The fourth-order valence-electron chi connectivity index (χ4n) is 4.29. The maximum absolute atomic E-state index is 12.8. The number of carbonyl (C=O) groups excluding carboxylic acids is 1. The van der Waals surface area contributed by atoms with Crippen molar-refractivity contribution in [3.05, 3.63) is 30.3 Å². The molecule has 0 aromatic heterocycles. The van der Waals surface area contributed by atoms with E-state index < -0.39 is 0 Å². The molecule has 2 aliphatic heterocycles. The first kappa shape index (κ1) is 18.1. The minimum atomic E-state index is 0. The number of benzene rings is 1. The molecular formula is C19H27ClN2OS. The summed E-state index contributed by atoms with van der Waals surface area (Å²) in [6.45, 7) is 4.15. The van der Waals surface area contributed by atoms with Gasteiger partial charge >= 0.3 is 0 Å². The molecule has 1 aromatic carbocycles. The van der Waals surface area contributed by atoms with Crippen LogP contribution in [0.4, 0.5) is 0 Å². The summed E-state index contributed by atoms with van der Waals surface area (Å²) in [5.74, 6) is 2.59. The summed E-state index contributed by atoms with van der Waals surface area (Å²) in [6.07, 6.45) is 4.72. The number of amides is 1. The predicted octanol–water partition coefficient (Wildman–Crippen LogP) is 3.44. The predicted molar refractivity (Wildman–Crippen MR) is 102 cm³/mol. The number of thioether (sulfide) groups is 1. The Kier molecular flexibility index (Phi) is 5.78. The molecule has 1 amide bonds. The Hall–Kier alpha value is -0.710. The highest BCUT2D eigenvalue weighted by atomic mass is 35.5. The largest absolute Gasteiger partial charge is 0.342 e. The number of hydrogen-bond acceptors (Lipinski definition) is 3. The minimum Gasteiger partial charge on any atom is -0.342 e. The smallest absolute Gasteiger partial charge is 0.226 e. The molecule has 5 heteroatoms. The van der Waals surface area contributed by atoms with Gasteiger partial charge in [0.2, 0.25) is 5.91 Å². The maximum atomic E-state index is 12.8. The molecule has 24 heavy (non-hydrogen) atoms. The van der Waals surface area contributed by atoms with E-state index in [9.17, 15) is 4.79 Å². The lowest BCUT2D eigenvalue weighted by Gasteiger charge is -2.25. The topological polar surface area (TPSA) is 32.3 Å². The molecule has 0 radical (unpaired) electrons. The van der Waals surface area contributed by atoms with Crippen LogP contribution in [-0.2, 0) is 4.79 Å².